The molecule has 1 unspecified atom stereocenters. The van der Waals surface area contributed by atoms with Crippen molar-refractivity contribution in [3.63, 3.8) is 0 Å². The largest absolute Gasteiger partial charge is 0.496 e. The highest BCUT2D eigenvalue weighted by Crippen LogP contribution is 2.35. The van der Waals surface area contributed by atoms with E-state index in [0.29, 0.717) is 46.5 Å². The number of carboxylic acids is 1. The molecule has 5 rings (SSSR count). The first-order chi connectivity index (χ1) is 19.2. The van der Waals surface area contributed by atoms with Gasteiger partial charge in [0.2, 0.25) is 0 Å². The van der Waals surface area contributed by atoms with Crippen LogP contribution < -0.4 is 15.2 Å². The summed E-state index contributed by atoms with van der Waals surface area (Å²) in [7, 11) is 3.00. The van der Waals surface area contributed by atoms with Gasteiger partial charge in [0.05, 0.1) is 18.3 Å². The highest BCUT2D eigenvalue weighted by atomic mass is 19.1. The molecule has 0 radical (unpaired) electrons. The number of aromatic nitrogens is 2. The number of methoxy groups -OCH3 is 1. The molecule has 1 N–H and O–H groups in total. The van der Waals surface area contributed by atoms with E-state index in [1.54, 1.807) is 29.0 Å². The molecule has 0 saturated carbocycles. The minimum Gasteiger partial charge on any atom is -0.496 e. The summed E-state index contributed by atoms with van der Waals surface area (Å²) in [6, 6.07) is 13.8. The highest BCUT2D eigenvalue weighted by Gasteiger charge is 2.34. The molecule has 204 valence electrons. The zero-order chi connectivity index (χ0) is 28.6. The number of nitrogens with zero attached hydrogens (tertiary/aromatic N) is 5. The first kappa shape index (κ1) is 26.8. The predicted molar refractivity (Wildman–Crippen MR) is 144 cm³/mol. The van der Waals surface area contributed by atoms with Crippen LogP contribution in [0.3, 0.4) is 0 Å². The van der Waals surface area contributed by atoms with E-state index in [2.05, 4.69) is 4.98 Å². The number of ether oxygens (including phenoxy) is 1. The Kier molecular flexibility index (Phi) is 7.19. The van der Waals surface area contributed by atoms with Crippen molar-refractivity contribution in [3.05, 3.63) is 87.8 Å². The number of nitriles is 1. The van der Waals surface area contributed by atoms with Gasteiger partial charge in [-0.1, -0.05) is 6.07 Å². The molecule has 2 aromatic carbocycles. The van der Waals surface area contributed by atoms with Crippen LogP contribution >= 0.6 is 0 Å². The van der Waals surface area contributed by atoms with Gasteiger partial charge < -0.3 is 19.3 Å². The molecule has 0 spiro atoms. The average Bonchev–Trinajstić information content (AvgIpc) is 2.95. The number of piperazine rings is 1. The quantitative estimate of drug-likeness (QED) is 0.392. The topological polar surface area (TPSA) is 112 Å². The molecule has 2 aromatic heterocycles. The molecule has 1 aliphatic rings. The lowest BCUT2D eigenvalue weighted by Crippen LogP contribution is -2.56. The highest BCUT2D eigenvalue weighted by molar-refractivity contribution is 5.89. The van der Waals surface area contributed by atoms with E-state index in [0.717, 1.165) is 0 Å². The lowest BCUT2D eigenvalue weighted by atomic mass is 9.97. The third-order valence-corrected chi connectivity index (χ3v) is 7.20. The normalized spacial score (nSPS) is 15.7. The third kappa shape index (κ3) is 4.97. The first-order valence-electron chi connectivity index (χ1n) is 12.4. The number of aryl methyl sites for hydroxylation is 1. The van der Waals surface area contributed by atoms with E-state index >= 15 is 0 Å². The fraction of sp³-hybridized carbons (Fsp3) is 0.241. The van der Waals surface area contributed by atoms with E-state index in [-0.39, 0.29) is 30.1 Å². The summed E-state index contributed by atoms with van der Waals surface area (Å²) in [6.45, 7) is 0.908. The summed E-state index contributed by atoms with van der Waals surface area (Å²) in [5.41, 5.74) is 2.91. The smallest absolute Gasteiger partial charge is 0.322 e. The Morgan fingerprint density at radius 3 is 2.58 bits per heavy atom. The molecule has 4 aromatic rings. The van der Waals surface area contributed by atoms with Crippen LogP contribution in [0.2, 0.25) is 0 Å². The monoisotopic (exact) mass is 545 g/mol. The Hall–Kier alpha value is -4.82. The molecule has 3 heterocycles. The molecule has 0 amide bonds. The molecule has 1 saturated heterocycles. The number of rotatable bonds is 6. The van der Waals surface area contributed by atoms with Crippen molar-refractivity contribution in [2.45, 2.75) is 12.6 Å². The van der Waals surface area contributed by atoms with Gasteiger partial charge in [-0.3, -0.25) is 14.5 Å². The number of anilines is 1. The van der Waals surface area contributed by atoms with Crippen molar-refractivity contribution in [2.24, 2.45) is 7.05 Å². The minimum atomic E-state index is -1.06. The molecule has 11 heteroatoms. The Bertz CT molecular complexity index is 1730. The summed E-state index contributed by atoms with van der Waals surface area (Å²) in [5, 5.41) is 19.5. The van der Waals surface area contributed by atoms with Crippen LogP contribution in [0.1, 0.15) is 11.3 Å². The van der Waals surface area contributed by atoms with Gasteiger partial charge in [0.1, 0.15) is 40.7 Å². The molecule has 1 atom stereocenters. The van der Waals surface area contributed by atoms with Crippen LogP contribution in [-0.4, -0.2) is 58.3 Å². The lowest BCUT2D eigenvalue weighted by molar-refractivity contribution is -0.143. The van der Waals surface area contributed by atoms with Gasteiger partial charge in [-0.25, -0.2) is 13.8 Å². The Morgan fingerprint density at radius 1 is 1.10 bits per heavy atom. The number of pyridine rings is 2. The Morgan fingerprint density at radius 2 is 1.85 bits per heavy atom. The maximum Gasteiger partial charge on any atom is 0.322 e. The summed E-state index contributed by atoms with van der Waals surface area (Å²) >= 11 is 0. The van der Waals surface area contributed by atoms with Gasteiger partial charge in [0.25, 0.3) is 5.56 Å². The number of fused-ring (bicyclic) bond motifs is 1. The van der Waals surface area contributed by atoms with Crippen LogP contribution in [-0.2, 0) is 18.4 Å². The Labute approximate surface area is 228 Å². The molecule has 0 bridgehead atoms. The molecule has 0 aliphatic carbocycles. The van der Waals surface area contributed by atoms with Crippen molar-refractivity contribution in [3.8, 4) is 22.9 Å². The van der Waals surface area contributed by atoms with E-state index in [1.807, 2.05) is 6.07 Å². The van der Waals surface area contributed by atoms with Gasteiger partial charge in [-0.2, -0.15) is 5.26 Å². The second-order valence-corrected chi connectivity index (χ2v) is 9.52. The number of hydrogen-bond donors (Lipinski definition) is 1. The number of carboxylic acid groups (broad SMARTS) is 1. The summed E-state index contributed by atoms with van der Waals surface area (Å²) in [5.74, 6) is -1.83. The van der Waals surface area contributed by atoms with Crippen molar-refractivity contribution in [1.82, 2.24) is 14.5 Å². The third-order valence-electron chi connectivity index (χ3n) is 7.20. The maximum atomic E-state index is 14.3. The summed E-state index contributed by atoms with van der Waals surface area (Å²) in [6.07, 6.45) is 0. The standard InChI is InChI=1S/C29H25F2N5O4/c1-34-23-8-6-20(14-32)33-28(23)24(13-27(34)37)36-10-9-35(25(16-36)29(38)39)15-17-3-4-18(30)11-22(17)21-7-5-19(31)12-26(21)40-2/h3-8,11-13,25H,9-10,15-16H2,1-2H3,(H,38,39). The zero-order valence-corrected chi connectivity index (χ0v) is 21.8. The number of halogens is 2. The molecule has 9 nitrogen and oxygen atoms in total. The van der Waals surface area contributed by atoms with Crippen molar-refractivity contribution in [1.29, 1.82) is 5.26 Å². The average molecular weight is 546 g/mol. The van der Waals surface area contributed by atoms with Gasteiger partial charge in [0, 0.05) is 50.9 Å². The van der Waals surface area contributed by atoms with Crippen LogP contribution in [0.25, 0.3) is 22.2 Å². The number of benzene rings is 2. The van der Waals surface area contributed by atoms with Crippen LogP contribution in [0, 0.1) is 23.0 Å². The Balaban J connectivity index is 1.49. The SMILES string of the molecule is COc1cc(F)ccc1-c1cc(F)ccc1CN1CCN(c2cc(=O)n(C)c3ccc(C#N)nc23)CC1C(=O)O. The van der Waals surface area contributed by atoms with Crippen molar-refractivity contribution >= 4 is 22.7 Å². The second-order valence-electron chi connectivity index (χ2n) is 9.52. The molecule has 1 fully saturated rings. The molecular weight excluding hydrogens is 520 g/mol. The molecule has 40 heavy (non-hydrogen) atoms. The maximum absolute atomic E-state index is 14.3. The van der Waals surface area contributed by atoms with Crippen LogP contribution in [0.4, 0.5) is 14.5 Å². The van der Waals surface area contributed by atoms with Crippen molar-refractivity contribution < 1.29 is 23.4 Å². The fourth-order valence-electron chi connectivity index (χ4n) is 5.12. The van der Waals surface area contributed by atoms with E-state index in [4.69, 9.17) is 4.74 Å². The number of carbonyl (C=O) groups is 1. The van der Waals surface area contributed by atoms with E-state index in [9.17, 15) is 28.7 Å². The molecular formula is C29H25F2N5O4. The zero-order valence-electron chi connectivity index (χ0n) is 21.8. The minimum absolute atomic E-state index is 0.0481. The van der Waals surface area contributed by atoms with Gasteiger partial charge >= 0.3 is 5.97 Å². The molecule has 1 aliphatic heterocycles. The van der Waals surface area contributed by atoms with Gasteiger partial charge in [-0.15, -0.1) is 0 Å². The van der Waals surface area contributed by atoms with Gasteiger partial charge in [0.15, 0.2) is 0 Å². The second kappa shape index (κ2) is 10.7. The lowest BCUT2D eigenvalue weighted by Gasteiger charge is -2.40. The van der Waals surface area contributed by atoms with Gasteiger partial charge in [-0.05, 0) is 47.5 Å². The van der Waals surface area contributed by atoms with Crippen molar-refractivity contribution in [2.75, 3.05) is 31.6 Å². The van der Waals surface area contributed by atoms with Crippen LogP contribution in [0.15, 0.2) is 59.4 Å². The number of hydrogen-bond acceptors (Lipinski definition) is 7. The fourth-order valence-corrected chi connectivity index (χ4v) is 5.12. The summed E-state index contributed by atoms with van der Waals surface area (Å²) in [4.78, 5) is 33.1. The first-order valence-corrected chi connectivity index (χ1v) is 12.4. The summed E-state index contributed by atoms with van der Waals surface area (Å²) < 4.78 is 34.9. The van der Waals surface area contributed by atoms with Crippen LogP contribution in [0.5, 0.6) is 5.75 Å². The van der Waals surface area contributed by atoms with E-state index in [1.165, 1.54) is 54.1 Å². The number of aliphatic carboxylic acids is 1. The predicted octanol–water partition coefficient (Wildman–Crippen LogP) is 3.53. The van der Waals surface area contributed by atoms with E-state index < -0.39 is 23.6 Å².